The van der Waals surface area contributed by atoms with Crippen molar-refractivity contribution in [3.8, 4) is 5.75 Å². The molecule has 0 amide bonds. The highest BCUT2D eigenvalue weighted by atomic mass is 35.5. The van der Waals surface area contributed by atoms with Gasteiger partial charge >= 0.3 is 0 Å². The Morgan fingerprint density at radius 1 is 1.38 bits per heavy atom. The Balaban J connectivity index is 2.64. The molecule has 0 fully saturated rings. The maximum absolute atomic E-state index is 9.65. The lowest BCUT2D eigenvalue weighted by Gasteiger charge is -2.28. The van der Waals surface area contributed by atoms with Crippen molar-refractivity contribution in [3.05, 3.63) is 28.8 Å². The molecule has 3 heteroatoms. The van der Waals surface area contributed by atoms with Crippen LogP contribution in [0, 0.1) is 5.41 Å². The summed E-state index contributed by atoms with van der Waals surface area (Å²) >= 11 is 5.88. The third kappa shape index (κ3) is 3.69. The van der Waals surface area contributed by atoms with Gasteiger partial charge in [0.15, 0.2) is 0 Å². The lowest BCUT2D eigenvalue weighted by molar-refractivity contribution is 0.284. The van der Waals surface area contributed by atoms with E-state index in [0.717, 1.165) is 5.56 Å². The number of halogens is 1. The van der Waals surface area contributed by atoms with Crippen molar-refractivity contribution in [1.29, 1.82) is 0 Å². The molecule has 0 aliphatic heterocycles. The molecule has 0 bridgehead atoms. The lowest BCUT2D eigenvalue weighted by Crippen LogP contribution is -2.37. The highest BCUT2D eigenvalue weighted by molar-refractivity contribution is 6.30. The van der Waals surface area contributed by atoms with Gasteiger partial charge in [-0.1, -0.05) is 32.4 Å². The minimum Gasteiger partial charge on any atom is -0.508 e. The van der Waals surface area contributed by atoms with Crippen molar-refractivity contribution in [2.75, 3.05) is 0 Å². The first-order chi connectivity index (χ1) is 7.30. The molecule has 0 aliphatic rings. The average molecular weight is 242 g/mol. The second-order valence-electron chi connectivity index (χ2n) is 5.24. The lowest BCUT2D eigenvalue weighted by atomic mass is 9.88. The molecular weight excluding hydrogens is 222 g/mol. The summed E-state index contributed by atoms with van der Waals surface area (Å²) in [7, 11) is 0. The van der Waals surface area contributed by atoms with Gasteiger partial charge in [0.05, 0.1) is 0 Å². The first-order valence-corrected chi connectivity index (χ1v) is 5.89. The molecule has 0 saturated heterocycles. The molecule has 1 aromatic carbocycles. The maximum atomic E-state index is 9.65. The summed E-state index contributed by atoms with van der Waals surface area (Å²) in [6.45, 7) is 9.32. The van der Waals surface area contributed by atoms with Crippen molar-refractivity contribution in [2.24, 2.45) is 5.41 Å². The van der Waals surface area contributed by atoms with Gasteiger partial charge in [-0.3, -0.25) is 0 Å². The molecule has 1 atom stereocenters. The number of phenolic OH excluding ortho intramolecular Hbond substituents is 1. The van der Waals surface area contributed by atoms with Crippen LogP contribution in [0.4, 0.5) is 0 Å². The number of aromatic hydroxyl groups is 1. The van der Waals surface area contributed by atoms with E-state index in [4.69, 9.17) is 11.6 Å². The van der Waals surface area contributed by atoms with Crippen LogP contribution >= 0.6 is 11.6 Å². The van der Waals surface area contributed by atoms with E-state index in [1.54, 1.807) is 18.2 Å². The summed E-state index contributed by atoms with van der Waals surface area (Å²) in [5.41, 5.74) is 1.04. The Bertz CT molecular complexity index is 357. The first-order valence-electron chi connectivity index (χ1n) is 5.51. The summed E-state index contributed by atoms with van der Waals surface area (Å²) in [5, 5.41) is 13.7. The van der Waals surface area contributed by atoms with E-state index >= 15 is 0 Å². The topological polar surface area (TPSA) is 32.3 Å². The van der Waals surface area contributed by atoms with Gasteiger partial charge < -0.3 is 10.4 Å². The standard InChI is InChI=1S/C13H20ClNO/c1-9(13(2,3)4)15-8-10-7-11(14)5-6-12(10)16/h5-7,9,15-16H,8H2,1-4H3. The van der Waals surface area contributed by atoms with Crippen molar-refractivity contribution in [2.45, 2.75) is 40.3 Å². The van der Waals surface area contributed by atoms with Crippen molar-refractivity contribution < 1.29 is 5.11 Å². The zero-order valence-corrected chi connectivity index (χ0v) is 11.1. The minimum absolute atomic E-state index is 0.203. The van der Waals surface area contributed by atoms with Gasteiger partial charge in [0.25, 0.3) is 0 Å². The number of hydrogen-bond acceptors (Lipinski definition) is 2. The van der Waals surface area contributed by atoms with Gasteiger partial charge in [0.1, 0.15) is 5.75 Å². The number of rotatable bonds is 3. The van der Waals surface area contributed by atoms with Crippen molar-refractivity contribution in [3.63, 3.8) is 0 Å². The fourth-order valence-electron chi connectivity index (χ4n) is 1.26. The SMILES string of the molecule is CC(NCc1cc(Cl)ccc1O)C(C)(C)C. The maximum Gasteiger partial charge on any atom is 0.120 e. The number of hydrogen-bond donors (Lipinski definition) is 2. The van der Waals surface area contributed by atoms with Crippen LogP contribution in [0.15, 0.2) is 18.2 Å². The molecule has 0 spiro atoms. The molecule has 90 valence electrons. The molecular formula is C13H20ClNO. The monoisotopic (exact) mass is 241 g/mol. The second kappa shape index (κ2) is 5.07. The molecule has 1 unspecified atom stereocenters. The number of phenols is 1. The van der Waals surface area contributed by atoms with E-state index in [1.165, 1.54) is 0 Å². The van der Waals surface area contributed by atoms with Gasteiger partial charge in [-0.25, -0.2) is 0 Å². The Morgan fingerprint density at radius 3 is 2.56 bits per heavy atom. The predicted octanol–water partition coefficient (Wildman–Crippen LogP) is 3.57. The third-order valence-electron chi connectivity index (χ3n) is 2.94. The van der Waals surface area contributed by atoms with E-state index in [9.17, 15) is 5.11 Å². The molecule has 2 N–H and O–H groups in total. The van der Waals surface area contributed by atoms with Gasteiger partial charge in [0, 0.05) is 23.2 Å². The Kier molecular flexibility index (Phi) is 4.22. The average Bonchev–Trinajstić information content (AvgIpc) is 2.17. The van der Waals surface area contributed by atoms with Crippen LogP contribution in [0.2, 0.25) is 5.02 Å². The smallest absolute Gasteiger partial charge is 0.120 e. The summed E-state index contributed by atoms with van der Waals surface area (Å²) in [6, 6.07) is 5.47. The summed E-state index contributed by atoms with van der Waals surface area (Å²) in [6.07, 6.45) is 0. The van der Waals surface area contributed by atoms with E-state index < -0.39 is 0 Å². The van der Waals surface area contributed by atoms with Crippen LogP contribution in [0.5, 0.6) is 5.75 Å². The largest absolute Gasteiger partial charge is 0.508 e. The summed E-state index contributed by atoms with van der Waals surface area (Å²) < 4.78 is 0. The molecule has 1 rings (SSSR count). The van der Waals surface area contributed by atoms with Crippen LogP contribution in [-0.2, 0) is 6.54 Å². The molecule has 0 saturated carbocycles. The third-order valence-corrected chi connectivity index (χ3v) is 3.17. The van der Waals surface area contributed by atoms with Crippen molar-refractivity contribution in [1.82, 2.24) is 5.32 Å². The van der Waals surface area contributed by atoms with Crippen LogP contribution in [0.3, 0.4) is 0 Å². The fourth-order valence-corrected chi connectivity index (χ4v) is 1.46. The van der Waals surface area contributed by atoms with Crippen LogP contribution in [0.1, 0.15) is 33.3 Å². The van der Waals surface area contributed by atoms with Crippen LogP contribution < -0.4 is 5.32 Å². The minimum atomic E-state index is 0.203. The van der Waals surface area contributed by atoms with Gasteiger partial charge in [0.2, 0.25) is 0 Å². The van der Waals surface area contributed by atoms with Gasteiger partial charge in [-0.2, -0.15) is 0 Å². The van der Waals surface area contributed by atoms with Gasteiger partial charge in [-0.05, 0) is 30.5 Å². The normalized spacial score (nSPS) is 13.8. The Hall–Kier alpha value is -0.730. The zero-order chi connectivity index (χ0) is 12.3. The van der Waals surface area contributed by atoms with Gasteiger partial charge in [-0.15, -0.1) is 0 Å². The predicted molar refractivity (Wildman–Crippen MR) is 68.9 cm³/mol. The molecule has 0 aliphatic carbocycles. The van der Waals surface area contributed by atoms with Crippen LogP contribution in [0.25, 0.3) is 0 Å². The van der Waals surface area contributed by atoms with E-state index in [0.29, 0.717) is 17.6 Å². The van der Waals surface area contributed by atoms with Crippen LogP contribution in [-0.4, -0.2) is 11.1 Å². The molecule has 2 nitrogen and oxygen atoms in total. The molecule has 16 heavy (non-hydrogen) atoms. The summed E-state index contributed by atoms with van der Waals surface area (Å²) in [4.78, 5) is 0. The number of nitrogens with one attached hydrogen (secondary N) is 1. The van der Waals surface area contributed by atoms with E-state index in [1.807, 2.05) is 0 Å². The quantitative estimate of drug-likeness (QED) is 0.848. The fraction of sp³-hybridized carbons (Fsp3) is 0.538. The van der Waals surface area contributed by atoms with E-state index in [-0.39, 0.29) is 11.2 Å². The molecule has 0 radical (unpaired) electrons. The van der Waals surface area contributed by atoms with Crippen molar-refractivity contribution >= 4 is 11.6 Å². The highest BCUT2D eigenvalue weighted by Crippen LogP contribution is 2.23. The first kappa shape index (κ1) is 13.3. The molecule has 0 heterocycles. The summed E-state index contributed by atoms with van der Waals surface area (Å²) in [5.74, 6) is 0.290. The Labute approximate surface area is 103 Å². The molecule has 0 aromatic heterocycles. The number of benzene rings is 1. The highest BCUT2D eigenvalue weighted by Gasteiger charge is 2.19. The Morgan fingerprint density at radius 2 is 2.00 bits per heavy atom. The van der Waals surface area contributed by atoms with E-state index in [2.05, 4.69) is 33.0 Å². The molecule has 1 aromatic rings. The zero-order valence-electron chi connectivity index (χ0n) is 10.3. The second-order valence-corrected chi connectivity index (χ2v) is 5.68.